The van der Waals surface area contributed by atoms with Gasteiger partial charge in [-0.3, -0.25) is 19.1 Å². The lowest BCUT2D eigenvalue weighted by Gasteiger charge is -2.06. The number of H-pyrrole nitrogens is 1. The van der Waals surface area contributed by atoms with Crippen LogP contribution in [0.1, 0.15) is 25.8 Å². The first-order valence-corrected chi connectivity index (χ1v) is 5.67. The number of carbonyl (C=O) groups excluding carboxylic acids is 1. The molecule has 1 aromatic heterocycles. The van der Waals surface area contributed by atoms with Crippen molar-refractivity contribution in [3.8, 4) is 0 Å². The molecule has 0 aliphatic heterocycles. The van der Waals surface area contributed by atoms with Crippen molar-refractivity contribution in [2.45, 2.75) is 33.2 Å². The number of hydrogen-bond donors (Lipinski definition) is 2. The van der Waals surface area contributed by atoms with Gasteiger partial charge in [0.25, 0.3) is 5.56 Å². The summed E-state index contributed by atoms with van der Waals surface area (Å²) < 4.78 is 1.36. The Morgan fingerprint density at radius 2 is 2.12 bits per heavy atom. The fourth-order valence-electron chi connectivity index (χ4n) is 1.48. The normalized spacial score (nSPS) is 10.2. The van der Waals surface area contributed by atoms with E-state index in [0.717, 1.165) is 0 Å². The van der Waals surface area contributed by atoms with Crippen LogP contribution in [-0.2, 0) is 17.8 Å². The quantitative estimate of drug-likeness (QED) is 0.735. The molecule has 0 unspecified atom stereocenters. The average Bonchev–Trinajstić information content (AvgIpc) is 2.28. The van der Waals surface area contributed by atoms with E-state index in [1.54, 1.807) is 0 Å². The van der Waals surface area contributed by atoms with E-state index in [1.807, 2.05) is 13.8 Å². The molecule has 1 rings (SSSR count). The van der Waals surface area contributed by atoms with E-state index < -0.39 is 5.69 Å². The van der Waals surface area contributed by atoms with E-state index in [0.29, 0.717) is 18.5 Å². The summed E-state index contributed by atoms with van der Waals surface area (Å²) in [5.74, 6) is -0.108. The fraction of sp³-hybridized carbons (Fsp3) is 0.545. The van der Waals surface area contributed by atoms with Gasteiger partial charge in [0.05, 0.1) is 0 Å². The maximum Gasteiger partial charge on any atom is 0.328 e. The molecule has 0 spiro atoms. The summed E-state index contributed by atoms with van der Waals surface area (Å²) in [5, 5.41) is 2.65. The Hall–Kier alpha value is -1.85. The highest BCUT2D eigenvalue weighted by molar-refractivity contribution is 5.75. The van der Waals surface area contributed by atoms with Crippen LogP contribution in [0.3, 0.4) is 0 Å². The molecule has 6 nitrogen and oxygen atoms in total. The van der Waals surface area contributed by atoms with Crippen LogP contribution in [0.25, 0.3) is 0 Å². The Bertz CT molecular complexity index is 501. The minimum atomic E-state index is -0.475. The Kier molecular flexibility index (Phi) is 4.68. The minimum absolute atomic E-state index is 0.108. The lowest BCUT2D eigenvalue weighted by atomic mass is 10.2. The zero-order valence-electron chi connectivity index (χ0n) is 10.1. The number of aryl methyl sites for hydroxylation is 2. The Labute approximate surface area is 98.7 Å². The molecule has 0 aromatic carbocycles. The largest absolute Gasteiger partial charge is 0.356 e. The van der Waals surface area contributed by atoms with E-state index >= 15 is 0 Å². The number of carbonyl (C=O) groups is 1. The summed E-state index contributed by atoms with van der Waals surface area (Å²) in [4.78, 5) is 36.3. The van der Waals surface area contributed by atoms with Crippen LogP contribution in [-0.4, -0.2) is 22.0 Å². The number of aromatic nitrogens is 2. The summed E-state index contributed by atoms with van der Waals surface area (Å²) >= 11 is 0. The number of hydrogen-bond acceptors (Lipinski definition) is 3. The molecule has 0 saturated carbocycles. The number of nitrogens with one attached hydrogen (secondary N) is 2. The Balaban J connectivity index is 2.81. The molecule has 1 aromatic rings. The zero-order chi connectivity index (χ0) is 12.8. The molecule has 0 fully saturated rings. The highest BCUT2D eigenvalue weighted by atomic mass is 16.2. The smallest absolute Gasteiger partial charge is 0.328 e. The number of amides is 1. The van der Waals surface area contributed by atoms with Crippen LogP contribution >= 0.6 is 0 Å². The van der Waals surface area contributed by atoms with Crippen molar-refractivity contribution in [1.29, 1.82) is 0 Å². The van der Waals surface area contributed by atoms with Crippen LogP contribution in [0.4, 0.5) is 0 Å². The molecular weight excluding hydrogens is 222 g/mol. The molecule has 0 bridgehead atoms. The van der Waals surface area contributed by atoms with Crippen LogP contribution in [0.5, 0.6) is 0 Å². The highest BCUT2D eigenvalue weighted by Crippen LogP contribution is 1.91. The topological polar surface area (TPSA) is 84.0 Å². The lowest BCUT2D eigenvalue weighted by molar-refractivity contribution is -0.121. The Morgan fingerprint density at radius 3 is 2.71 bits per heavy atom. The van der Waals surface area contributed by atoms with Gasteiger partial charge in [-0.05, 0) is 13.3 Å². The molecule has 2 N–H and O–H groups in total. The SMILES string of the molecule is CCNC(=O)CCn1cc(CC)c(=O)[nH]c1=O. The van der Waals surface area contributed by atoms with Crippen molar-refractivity contribution in [3.05, 3.63) is 32.6 Å². The van der Waals surface area contributed by atoms with Crippen LogP contribution in [0, 0.1) is 0 Å². The third kappa shape index (κ3) is 3.58. The first kappa shape index (κ1) is 13.2. The van der Waals surface area contributed by atoms with E-state index in [9.17, 15) is 14.4 Å². The highest BCUT2D eigenvalue weighted by Gasteiger charge is 2.05. The van der Waals surface area contributed by atoms with Crippen molar-refractivity contribution in [1.82, 2.24) is 14.9 Å². The summed E-state index contributed by atoms with van der Waals surface area (Å²) in [5.41, 5.74) is -0.288. The molecule has 0 radical (unpaired) electrons. The fourth-order valence-corrected chi connectivity index (χ4v) is 1.48. The molecule has 0 aliphatic rings. The standard InChI is InChI=1S/C11H17N3O3/c1-3-8-7-14(11(17)13-10(8)16)6-5-9(15)12-4-2/h7H,3-6H2,1-2H3,(H,12,15)(H,13,16,17). The first-order chi connectivity index (χ1) is 8.08. The van der Waals surface area contributed by atoms with Crippen LogP contribution < -0.4 is 16.6 Å². The molecule has 0 aliphatic carbocycles. The number of aromatic amines is 1. The van der Waals surface area contributed by atoms with Gasteiger partial charge >= 0.3 is 5.69 Å². The molecular formula is C11H17N3O3. The van der Waals surface area contributed by atoms with Gasteiger partial charge in [-0.1, -0.05) is 6.92 Å². The van der Waals surface area contributed by atoms with Gasteiger partial charge in [-0.15, -0.1) is 0 Å². The van der Waals surface area contributed by atoms with Crippen molar-refractivity contribution in [2.24, 2.45) is 0 Å². The monoisotopic (exact) mass is 239 g/mol. The summed E-state index contributed by atoms with van der Waals surface area (Å²) in [7, 11) is 0. The van der Waals surface area contributed by atoms with Crippen molar-refractivity contribution >= 4 is 5.91 Å². The van der Waals surface area contributed by atoms with Crippen LogP contribution in [0.15, 0.2) is 15.8 Å². The average molecular weight is 239 g/mol. The van der Waals surface area contributed by atoms with Crippen molar-refractivity contribution < 1.29 is 4.79 Å². The van der Waals surface area contributed by atoms with E-state index in [2.05, 4.69) is 10.3 Å². The predicted octanol–water partition coefficient (Wildman–Crippen LogP) is -0.375. The van der Waals surface area contributed by atoms with E-state index in [4.69, 9.17) is 0 Å². The second-order valence-corrected chi connectivity index (χ2v) is 3.66. The zero-order valence-corrected chi connectivity index (χ0v) is 10.1. The van der Waals surface area contributed by atoms with Crippen molar-refractivity contribution in [3.63, 3.8) is 0 Å². The van der Waals surface area contributed by atoms with Gasteiger partial charge in [0.1, 0.15) is 0 Å². The molecule has 0 atom stereocenters. The lowest BCUT2D eigenvalue weighted by Crippen LogP contribution is -2.33. The van der Waals surface area contributed by atoms with Gasteiger partial charge in [0.2, 0.25) is 5.91 Å². The van der Waals surface area contributed by atoms with Gasteiger partial charge in [0.15, 0.2) is 0 Å². The summed E-state index contributed by atoms with van der Waals surface area (Å²) in [6.45, 7) is 4.51. The third-order valence-electron chi connectivity index (χ3n) is 2.42. The molecule has 0 saturated heterocycles. The number of rotatable bonds is 5. The second kappa shape index (κ2) is 6.03. The predicted molar refractivity (Wildman–Crippen MR) is 64.0 cm³/mol. The number of nitrogens with zero attached hydrogens (tertiary/aromatic N) is 1. The maximum atomic E-state index is 11.5. The van der Waals surface area contributed by atoms with Gasteiger partial charge in [-0.2, -0.15) is 0 Å². The molecule has 1 amide bonds. The Morgan fingerprint density at radius 1 is 1.41 bits per heavy atom. The van der Waals surface area contributed by atoms with Crippen molar-refractivity contribution in [2.75, 3.05) is 6.54 Å². The van der Waals surface area contributed by atoms with Gasteiger partial charge in [0, 0.05) is 31.3 Å². The minimum Gasteiger partial charge on any atom is -0.356 e. The van der Waals surface area contributed by atoms with Crippen LogP contribution in [0.2, 0.25) is 0 Å². The van der Waals surface area contributed by atoms with Gasteiger partial charge in [-0.25, -0.2) is 4.79 Å². The first-order valence-electron chi connectivity index (χ1n) is 5.67. The second-order valence-electron chi connectivity index (χ2n) is 3.66. The van der Waals surface area contributed by atoms with E-state index in [-0.39, 0.29) is 24.4 Å². The van der Waals surface area contributed by atoms with Gasteiger partial charge < -0.3 is 5.32 Å². The summed E-state index contributed by atoms with van der Waals surface area (Å²) in [6, 6.07) is 0. The molecule has 94 valence electrons. The molecule has 1 heterocycles. The maximum absolute atomic E-state index is 11.5. The summed E-state index contributed by atoms with van der Waals surface area (Å²) in [6.07, 6.45) is 2.29. The van der Waals surface area contributed by atoms with E-state index in [1.165, 1.54) is 10.8 Å². The molecule has 6 heteroatoms. The third-order valence-corrected chi connectivity index (χ3v) is 2.42. The molecule has 17 heavy (non-hydrogen) atoms.